The molecule has 3 heterocycles. The number of rotatable bonds is 1. The Labute approximate surface area is 190 Å². The average molecular weight is 430 g/mol. The lowest BCUT2D eigenvalue weighted by atomic mass is 9.94. The van der Waals surface area contributed by atoms with Gasteiger partial charge in [-0.25, -0.2) is 8.96 Å². The molecule has 0 aliphatic rings. The fraction of sp³-hybridized carbons (Fsp3) is 0.100. The van der Waals surface area contributed by atoms with E-state index in [2.05, 4.69) is 77.7 Å². The van der Waals surface area contributed by atoms with Gasteiger partial charge in [-0.3, -0.25) is 0 Å². The fourth-order valence-electron chi connectivity index (χ4n) is 5.71. The minimum absolute atomic E-state index is 0.112. The zero-order valence-corrected chi connectivity index (χ0v) is 18.8. The molecule has 0 aliphatic heterocycles. The number of pyridine rings is 2. The third-order valence-corrected chi connectivity index (χ3v) is 7.40. The maximum atomic E-state index is 15.8. The maximum Gasteiger partial charge on any atom is 0.224 e. The van der Waals surface area contributed by atoms with Crippen LogP contribution in [0, 0.1) is 19.7 Å². The Kier molecular flexibility index (Phi) is 3.54. The lowest BCUT2D eigenvalue weighted by Gasteiger charge is -2.16. The van der Waals surface area contributed by atoms with Crippen LogP contribution in [0.2, 0.25) is 0 Å². The highest BCUT2D eigenvalue weighted by Gasteiger charge is 2.27. The Hall–Kier alpha value is -3.98. The lowest BCUT2D eigenvalue weighted by molar-refractivity contribution is -0.643. The quantitative estimate of drug-likeness (QED) is 0.148. The van der Waals surface area contributed by atoms with Gasteiger partial charge in [-0.05, 0) is 59.7 Å². The minimum Gasteiger partial charge on any atom is -0.307 e. The molecule has 7 aromatic rings. The van der Waals surface area contributed by atoms with E-state index in [1.54, 1.807) is 0 Å². The van der Waals surface area contributed by atoms with Crippen molar-refractivity contribution < 1.29 is 8.96 Å². The van der Waals surface area contributed by atoms with Crippen LogP contribution in [-0.4, -0.2) is 4.40 Å². The van der Waals surface area contributed by atoms with Crippen LogP contribution in [0.15, 0.2) is 79.0 Å². The second kappa shape index (κ2) is 6.29. The molecule has 7 rings (SSSR count). The molecule has 0 spiro atoms. The first-order valence-electron chi connectivity index (χ1n) is 11.3. The molecule has 0 saturated heterocycles. The van der Waals surface area contributed by atoms with Crippen molar-refractivity contribution in [3.05, 3.63) is 95.9 Å². The van der Waals surface area contributed by atoms with Crippen LogP contribution in [0.3, 0.4) is 0 Å². The van der Waals surface area contributed by atoms with Crippen molar-refractivity contribution in [2.75, 3.05) is 0 Å². The normalized spacial score (nSPS) is 12.2. The summed E-state index contributed by atoms with van der Waals surface area (Å²) >= 11 is 0. The van der Waals surface area contributed by atoms with Gasteiger partial charge in [-0.2, -0.15) is 0 Å². The molecule has 0 radical (unpaired) electrons. The smallest absolute Gasteiger partial charge is 0.224 e. The highest BCUT2D eigenvalue weighted by Crippen LogP contribution is 2.43. The van der Waals surface area contributed by atoms with E-state index in [4.69, 9.17) is 0 Å². The Balaban J connectivity index is 1.88. The summed E-state index contributed by atoms with van der Waals surface area (Å²) in [7, 11) is 2.09. The predicted octanol–water partition coefficient (Wildman–Crippen LogP) is 7.24. The van der Waals surface area contributed by atoms with Gasteiger partial charge in [-0.1, -0.05) is 48.5 Å². The summed E-state index contributed by atoms with van der Waals surface area (Å²) in [6.07, 6.45) is 2.12. The molecule has 33 heavy (non-hydrogen) atoms. The minimum atomic E-state index is -0.112. The summed E-state index contributed by atoms with van der Waals surface area (Å²) in [5.41, 5.74) is 8.35. The van der Waals surface area contributed by atoms with E-state index in [1.165, 1.54) is 16.3 Å². The van der Waals surface area contributed by atoms with E-state index in [9.17, 15) is 0 Å². The van der Waals surface area contributed by atoms with Crippen molar-refractivity contribution in [1.82, 2.24) is 4.40 Å². The van der Waals surface area contributed by atoms with Crippen molar-refractivity contribution in [2.24, 2.45) is 7.05 Å². The van der Waals surface area contributed by atoms with Crippen molar-refractivity contribution >= 4 is 49.0 Å². The van der Waals surface area contributed by atoms with Crippen molar-refractivity contribution in [3.8, 4) is 11.1 Å². The Morgan fingerprint density at radius 3 is 2.30 bits per heavy atom. The van der Waals surface area contributed by atoms with Gasteiger partial charge in [0.05, 0.1) is 27.3 Å². The Morgan fingerprint density at radius 2 is 1.48 bits per heavy atom. The molecule has 0 N–H and O–H groups in total. The van der Waals surface area contributed by atoms with E-state index in [-0.39, 0.29) is 5.82 Å². The van der Waals surface area contributed by atoms with Crippen molar-refractivity contribution in [3.63, 3.8) is 0 Å². The largest absolute Gasteiger partial charge is 0.307 e. The van der Waals surface area contributed by atoms with Gasteiger partial charge in [0, 0.05) is 16.8 Å². The molecule has 0 fully saturated rings. The molecule has 0 aliphatic carbocycles. The molecular formula is C30H22FN2+. The molecule has 0 bridgehead atoms. The number of hydrogen-bond acceptors (Lipinski definition) is 0. The van der Waals surface area contributed by atoms with E-state index in [1.807, 2.05) is 31.2 Å². The zero-order chi connectivity index (χ0) is 22.4. The number of para-hydroxylation sites is 1. The molecule has 0 atom stereocenters. The summed E-state index contributed by atoms with van der Waals surface area (Å²) in [5, 5.41) is 5.22. The second-order valence-electron chi connectivity index (χ2n) is 9.12. The fourth-order valence-corrected chi connectivity index (χ4v) is 5.71. The molecule has 4 aromatic carbocycles. The van der Waals surface area contributed by atoms with Gasteiger partial charge >= 0.3 is 0 Å². The number of halogens is 1. The highest BCUT2D eigenvalue weighted by atomic mass is 19.1. The summed E-state index contributed by atoms with van der Waals surface area (Å²) in [6.45, 7) is 3.96. The van der Waals surface area contributed by atoms with E-state index in [0.717, 1.165) is 54.9 Å². The summed E-state index contributed by atoms with van der Waals surface area (Å²) < 4.78 is 20.3. The number of aryl methyl sites for hydroxylation is 2. The van der Waals surface area contributed by atoms with Gasteiger partial charge in [0.15, 0.2) is 6.20 Å². The third kappa shape index (κ3) is 2.24. The van der Waals surface area contributed by atoms with Crippen LogP contribution in [0.4, 0.5) is 4.39 Å². The molecule has 2 nitrogen and oxygen atoms in total. The van der Waals surface area contributed by atoms with Gasteiger partial charge in [0.1, 0.15) is 12.9 Å². The first kappa shape index (κ1) is 18.6. The molecule has 0 saturated carbocycles. The molecule has 158 valence electrons. The summed E-state index contributed by atoms with van der Waals surface area (Å²) in [6, 6.07) is 25.4. The lowest BCUT2D eigenvalue weighted by Crippen LogP contribution is -2.29. The topological polar surface area (TPSA) is 8.29 Å². The monoisotopic (exact) mass is 429 g/mol. The number of nitrogens with zero attached hydrogens (tertiary/aromatic N) is 2. The van der Waals surface area contributed by atoms with Crippen LogP contribution in [-0.2, 0) is 7.05 Å². The van der Waals surface area contributed by atoms with Crippen LogP contribution in [0.1, 0.15) is 11.1 Å². The predicted molar refractivity (Wildman–Crippen MR) is 135 cm³/mol. The second-order valence-corrected chi connectivity index (χ2v) is 9.12. The SMILES string of the molecule is Cc1c(F)c2c3ccccc3n3c4cc(-c5ccccc5)cc5cc[n+](C)c(c(c1C)c23)c54. The molecule has 0 unspecified atom stereocenters. The van der Waals surface area contributed by atoms with Crippen LogP contribution in [0.5, 0.6) is 0 Å². The van der Waals surface area contributed by atoms with Gasteiger partial charge < -0.3 is 4.40 Å². The highest BCUT2D eigenvalue weighted by molar-refractivity contribution is 6.26. The molecule has 0 amide bonds. The zero-order valence-electron chi connectivity index (χ0n) is 18.8. The first-order chi connectivity index (χ1) is 16.1. The van der Waals surface area contributed by atoms with Gasteiger partial charge in [0.2, 0.25) is 5.52 Å². The number of aromatic nitrogens is 2. The summed E-state index contributed by atoms with van der Waals surface area (Å²) in [5.74, 6) is -0.112. The number of hydrogen-bond donors (Lipinski definition) is 0. The Bertz CT molecular complexity index is 1890. The van der Waals surface area contributed by atoms with E-state index < -0.39 is 0 Å². The molecule has 3 heteroatoms. The standard InChI is InChI=1S/C30H22FN2/c1-17-18(2)28(31)27-22-11-7-8-12-23(22)33-24-16-21(19-9-5-4-6-10-19)15-20-13-14-32(3)29(26(20)24)25(17)30(27)33/h4-16H,1-3H3/q+1. The van der Waals surface area contributed by atoms with Gasteiger partial charge in [-0.15, -0.1) is 0 Å². The van der Waals surface area contributed by atoms with Crippen LogP contribution >= 0.6 is 0 Å². The van der Waals surface area contributed by atoms with Gasteiger partial charge in [0.25, 0.3) is 0 Å². The Morgan fingerprint density at radius 1 is 0.727 bits per heavy atom. The van der Waals surface area contributed by atoms with Crippen LogP contribution < -0.4 is 4.57 Å². The van der Waals surface area contributed by atoms with E-state index in [0.29, 0.717) is 0 Å². The molecular weight excluding hydrogens is 407 g/mol. The molecule has 3 aromatic heterocycles. The summed E-state index contributed by atoms with van der Waals surface area (Å²) in [4.78, 5) is 0. The maximum absolute atomic E-state index is 15.8. The third-order valence-electron chi connectivity index (χ3n) is 7.40. The van der Waals surface area contributed by atoms with Crippen molar-refractivity contribution in [1.29, 1.82) is 0 Å². The number of benzene rings is 4. The average Bonchev–Trinajstić information content (AvgIpc) is 3.19. The van der Waals surface area contributed by atoms with Crippen LogP contribution in [0.25, 0.3) is 60.1 Å². The van der Waals surface area contributed by atoms with E-state index >= 15 is 4.39 Å². The first-order valence-corrected chi connectivity index (χ1v) is 11.3. The number of fused-ring (bicyclic) bond motifs is 5. The van der Waals surface area contributed by atoms with Crippen molar-refractivity contribution in [2.45, 2.75) is 13.8 Å².